The van der Waals surface area contributed by atoms with E-state index in [0.29, 0.717) is 13.1 Å². The van der Waals surface area contributed by atoms with E-state index in [0.717, 1.165) is 38.0 Å². The molecule has 0 spiro atoms. The lowest BCUT2D eigenvalue weighted by atomic mass is 9.75. The molecule has 1 aliphatic carbocycles. The van der Waals surface area contributed by atoms with Gasteiger partial charge in [0.1, 0.15) is 5.54 Å². The van der Waals surface area contributed by atoms with Crippen molar-refractivity contribution >= 4 is 5.97 Å². The molecule has 100 valence electrons. The fraction of sp³-hybridized carbons (Fsp3) is 0.923. The number of hydrogen-bond acceptors (Lipinski definition) is 3. The fourth-order valence-electron chi connectivity index (χ4n) is 2.76. The summed E-state index contributed by atoms with van der Waals surface area (Å²) in [5, 5.41) is 12.6. The number of carbonyl (C=O) groups is 1. The highest BCUT2D eigenvalue weighted by atomic mass is 16.4. The summed E-state index contributed by atoms with van der Waals surface area (Å²) >= 11 is 0. The lowest BCUT2D eigenvalue weighted by Crippen LogP contribution is -2.54. The van der Waals surface area contributed by atoms with Crippen LogP contribution in [0.1, 0.15) is 51.9 Å². The quantitative estimate of drug-likeness (QED) is 0.594. The Bertz CT molecular complexity index is 236. The van der Waals surface area contributed by atoms with Gasteiger partial charge < -0.3 is 16.2 Å². The predicted octanol–water partition coefficient (Wildman–Crippen LogP) is 1.74. The van der Waals surface area contributed by atoms with Crippen LogP contribution in [-0.2, 0) is 4.79 Å². The summed E-state index contributed by atoms with van der Waals surface area (Å²) in [6, 6.07) is 0. The van der Waals surface area contributed by atoms with E-state index >= 15 is 0 Å². The van der Waals surface area contributed by atoms with Crippen molar-refractivity contribution in [1.82, 2.24) is 5.32 Å². The zero-order valence-electron chi connectivity index (χ0n) is 10.9. The van der Waals surface area contributed by atoms with Crippen LogP contribution in [0, 0.1) is 5.92 Å². The molecule has 0 bridgehead atoms. The van der Waals surface area contributed by atoms with Crippen LogP contribution in [-0.4, -0.2) is 29.7 Å². The molecule has 1 saturated carbocycles. The van der Waals surface area contributed by atoms with Crippen molar-refractivity contribution < 1.29 is 9.90 Å². The maximum Gasteiger partial charge on any atom is 0.323 e. The Kier molecular flexibility index (Phi) is 5.92. The van der Waals surface area contributed by atoms with Crippen LogP contribution < -0.4 is 11.1 Å². The number of aliphatic carboxylic acids is 1. The first-order chi connectivity index (χ1) is 8.14. The molecule has 4 nitrogen and oxygen atoms in total. The van der Waals surface area contributed by atoms with Gasteiger partial charge in [0.2, 0.25) is 0 Å². The molecule has 1 aliphatic rings. The van der Waals surface area contributed by atoms with Gasteiger partial charge in [-0.25, -0.2) is 0 Å². The standard InChI is InChI=1S/C13H26N2O2/c1-2-4-11-5-7-13(8-6-11,12(16)17)15-10-3-9-14/h11,15H,2-10,14H2,1H3,(H,16,17). The molecule has 0 heterocycles. The molecule has 0 aromatic rings. The maximum absolute atomic E-state index is 11.4. The van der Waals surface area contributed by atoms with Crippen LogP contribution in [0.3, 0.4) is 0 Å². The lowest BCUT2D eigenvalue weighted by Gasteiger charge is -2.37. The Labute approximate surface area is 104 Å². The highest BCUT2D eigenvalue weighted by Gasteiger charge is 2.40. The third-order valence-electron chi connectivity index (χ3n) is 3.91. The number of nitrogens with two attached hydrogens (primary N) is 1. The topological polar surface area (TPSA) is 75.3 Å². The smallest absolute Gasteiger partial charge is 0.323 e. The SMILES string of the molecule is CCCC1CCC(NCCCN)(C(=O)O)CC1. The molecule has 0 aromatic carbocycles. The molecule has 17 heavy (non-hydrogen) atoms. The van der Waals surface area contributed by atoms with Crippen LogP contribution in [0.15, 0.2) is 0 Å². The minimum atomic E-state index is -0.690. The number of carboxylic acids is 1. The first kappa shape index (κ1) is 14.5. The highest BCUT2D eigenvalue weighted by Crippen LogP contribution is 2.34. The van der Waals surface area contributed by atoms with Crippen molar-refractivity contribution in [3.63, 3.8) is 0 Å². The van der Waals surface area contributed by atoms with Crippen LogP contribution in [0.25, 0.3) is 0 Å². The molecule has 1 fully saturated rings. The van der Waals surface area contributed by atoms with Crippen LogP contribution >= 0.6 is 0 Å². The molecule has 1 rings (SSSR count). The third kappa shape index (κ3) is 3.96. The van der Waals surface area contributed by atoms with Gasteiger partial charge in [-0.2, -0.15) is 0 Å². The first-order valence-corrected chi connectivity index (χ1v) is 6.83. The van der Waals surface area contributed by atoms with Crippen molar-refractivity contribution in [3.8, 4) is 0 Å². The second kappa shape index (κ2) is 6.97. The molecule has 0 saturated heterocycles. The summed E-state index contributed by atoms with van der Waals surface area (Å²) in [5.41, 5.74) is 4.76. The average Bonchev–Trinajstić information content (AvgIpc) is 2.32. The van der Waals surface area contributed by atoms with E-state index < -0.39 is 11.5 Å². The third-order valence-corrected chi connectivity index (χ3v) is 3.91. The number of nitrogens with one attached hydrogen (secondary N) is 1. The normalized spacial score (nSPS) is 29.2. The summed E-state index contributed by atoms with van der Waals surface area (Å²) in [6.07, 6.45) is 6.87. The largest absolute Gasteiger partial charge is 0.480 e. The van der Waals surface area contributed by atoms with Gasteiger partial charge >= 0.3 is 5.97 Å². The van der Waals surface area contributed by atoms with Gasteiger partial charge in [-0.3, -0.25) is 4.79 Å². The molecule has 4 N–H and O–H groups in total. The Morgan fingerprint density at radius 3 is 2.59 bits per heavy atom. The fourth-order valence-corrected chi connectivity index (χ4v) is 2.76. The van der Waals surface area contributed by atoms with E-state index in [4.69, 9.17) is 5.73 Å². The van der Waals surface area contributed by atoms with E-state index in [-0.39, 0.29) is 0 Å². The molecule has 0 atom stereocenters. The second-order valence-corrected chi connectivity index (χ2v) is 5.19. The molecule has 0 amide bonds. The minimum Gasteiger partial charge on any atom is -0.480 e. The number of rotatable bonds is 7. The molecule has 0 radical (unpaired) electrons. The Balaban J connectivity index is 2.48. The molecule has 0 aromatic heterocycles. The predicted molar refractivity (Wildman–Crippen MR) is 68.9 cm³/mol. The second-order valence-electron chi connectivity index (χ2n) is 5.19. The van der Waals surface area contributed by atoms with Gasteiger partial charge in [-0.05, 0) is 51.1 Å². The average molecular weight is 242 g/mol. The van der Waals surface area contributed by atoms with Crippen LogP contribution in [0.5, 0.6) is 0 Å². The van der Waals surface area contributed by atoms with Crippen molar-refractivity contribution in [3.05, 3.63) is 0 Å². The summed E-state index contributed by atoms with van der Waals surface area (Å²) in [7, 11) is 0. The molecule has 4 heteroatoms. The van der Waals surface area contributed by atoms with Gasteiger partial charge in [0.05, 0.1) is 0 Å². The van der Waals surface area contributed by atoms with Crippen LogP contribution in [0.2, 0.25) is 0 Å². The van der Waals surface area contributed by atoms with E-state index in [1.165, 1.54) is 12.8 Å². The Morgan fingerprint density at radius 2 is 2.12 bits per heavy atom. The molecule has 0 aliphatic heterocycles. The summed E-state index contributed by atoms with van der Waals surface area (Å²) in [5.74, 6) is 0.0354. The zero-order valence-corrected chi connectivity index (χ0v) is 10.9. The monoisotopic (exact) mass is 242 g/mol. The summed E-state index contributed by atoms with van der Waals surface area (Å²) in [6.45, 7) is 3.51. The molecule has 0 unspecified atom stereocenters. The summed E-state index contributed by atoms with van der Waals surface area (Å²) < 4.78 is 0. The Morgan fingerprint density at radius 1 is 1.47 bits per heavy atom. The van der Waals surface area contributed by atoms with Gasteiger partial charge in [0, 0.05) is 0 Å². The summed E-state index contributed by atoms with van der Waals surface area (Å²) in [4.78, 5) is 11.4. The van der Waals surface area contributed by atoms with E-state index in [1.54, 1.807) is 0 Å². The zero-order chi connectivity index (χ0) is 12.7. The van der Waals surface area contributed by atoms with Gasteiger partial charge in [-0.15, -0.1) is 0 Å². The van der Waals surface area contributed by atoms with Gasteiger partial charge in [-0.1, -0.05) is 19.8 Å². The van der Waals surface area contributed by atoms with Gasteiger partial charge in [0.15, 0.2) is 0 Å². The van der Waals surface area contributed by atoms with Crippen molar-refractivity contribution in [2.24, 2.45) is 11.7 Å². The molecular weight excluding hydrogens is 216 g/mol. The van der Waals surface area contributed by atoms with Crippen molar-refractivity contribution in [1.29, 1.82) is 0 Å². The maximum atomic E-state index is 11.4. The molecular formula is C13H26N2O2. The minimum absolute atomic E-state index is 0.612. The van der Waals surface area contributed by atoms with Gasteiger partial charge in [0.25, 0.3) is 0 Å². The highest BCUT2D eigenvalue weighted by molar-refractivity contribution is 5.78. The van der Waals surface area contributed by atoms with E-state index in [9.17, 15) is 9.90 Å². The van der Waals surface area contributed by atoms with Crippen LogP contribution in [0.4, 0.5) is 0 Å². The van der Waals surface area contributed by atoms with E-state index in [2.05, 4.69) is 12.2 Å². The van der Waals surface area contributed by atoms with E-state index in [1.807, 2.05) is 0 Å². The lowest BCUT2D eigenvalue weighted by molar-refractivity contribution is -0.146. The Hall–Kier alpha value is -0.610. The first-order valence-electron chi connectivity index (χ1n) is 6.83. The number of carboxylic acid groups (broad SMARTS) is 1. The number of hydrogen-bond donors (Lipinski definition) is 3. The van der Waals surface area contributed by atoms with Crippen molar-refractivity contribution in [2.75, 3.05) is 13.1 Å². The van der Waals surface area contributed by atoms with Crippen molar-refractivity contribution in [2.45, 2.75) is 57.4 Å².